The van der Waals surface area contributed by atoms with Gasteiger partial charge in [0.05, 0.1) is 24.9 Å². The Kier molecular flexibility index (Phi) is 7.33. The molecular weight excluding hydrogens is 312 g/mol. The molecule has 23 heavy (non-hydrogen) atoms. The van der Waals surface area contributed by atoms with Crippen LogP contribution >= 0.6 is 0 Å². The number of hydrogen-bond acceptors (Lipinski definition) is 8. The first-order valence-corrected chi connectivity index (χ1v) is 7.31. The first-order valence-electron chi connectivity index (χ1n) is 7.31. The zero-order chi connectivity index (χ0) is 17.8. The number of carbonyl (C=O) groups is 1. The summed E-state index contributed by atoms with van der Waals surface area (Å²) in [6.07, 6.45) is -6.92. The van der Waals surface area contributed by atoms with Gasteiger partial charge in [-0.05, 0) is 20.8 Å². The largest absolute Gasteiger partial charge is 0.479 e. The van der Waals surface area contributed by atoms with Crippen LogP contribution in [0.5, 0.6) is 0 Å². The van der Waals surface area contributed by atoms with Crippen LogP contribution in [0.2, 0.25) is 0 Å². The van der Waals surface area contributed by atoms with E-state index in [1.54, 1.807) is 13.8 Å². The predicted octanol–water partition coefficient (Wildman–Crippen LogP) is -1.27. The maximum absolute atomic E-state index is 11.2. The van der Waals surface area contributed by atoms with Crippen LogP contribution < -0.4 is 0 Å². The highest BCUT2D eigenvalue weighted by molar-refractivity contribution is 5.73. The van der Waals surface area contributed by atoms with Crippen molar-refractivity contribution in [3.63, 3.8) is 0 Å². The Balaban J connectivity index is 2.82. The van der Waals surface area contributed by atoms with E-state index in [-0.39, 0.29) is 6.61 Å². The average Bonchev–Trinajstić information content (AvgIpc) is 2.49. The van der Waals surface area contributed by atoms with E-state index in [0.717, 1.165) is 0 Å². The lowest BCUT2D eigenvalue weighted by atomic mass is 9.90. The van der Waals surface area contributed by atoms with Crippen LogP contribution in [0.4, 0.5) is 0 Å². The van der Waals surface area contributed by atoms with Crippen LogP contribution in [-0.2, 0) is 23.7 Å². The number of hydrogen-bond donors (Lipinski definition) is 4. The lowest BCUT2D eigenvalue weighted by molar-refractivity contribution is -0.299. The summed E-state index contributed by atoms with van der Waals surface area (Å²) in [6, 6.07) is 0. The molecule has 1 rings (SSSR count). The Labute approximate surface area is 134 Å². The van der Waals surface area contributed by atoms with Crippen molar-refractivity contribution in [1.29, 1.82) is 0 Å². The fourth-order valence-electron chi connectivity index (χ4n) is 2.28. The summed E-state index contributed by atoms with van der Waals surface area (Å²) in [5, 5.41) is 38.3. The molecule has 0 amide bonds. The van der Waals surface area contributed by atoms with Gasteiger partial charge in [0.1, 0.15) is 18.3 Å². The van der Waals surface area contributed by atoms with Crippen LogP contribution in [0.1, 0.15) is 20.8 Å². The molecule has 1 heterocycles. The standard InChI is InChI=1S/C14H26O9/c1-7(20-4)11(13(18)19)22-9(5-15)23-12-10(17)8(16)6-21-14(12,2)3/h7-12,15-17H,5-6H2,1-4H3,(H,18,19)/t7-,8+,9?,10?,11?,12?/m0/s1. The van der Waals surface area contributed by atoms with Gasteiger partial charge in [0, 0.05) is 7.11 Å². The molecule has 4 N–H and O–H groups in total. The molecule has 0 saturated carbocycles. The SMILES string of the molecule is CO[C@@H](C)C(OC(CO)OC1C(O)[C@H](O)COC1(C)C)C(=O)O. The maximum Gasteiger partial charge on any atom is 0.335 e. The highest BCUT2D eigenvalue weighted by Gasteiger charge is 2.46. The number of carboxylic acids is 1. The van der Waals surface area contributed by atoms with Crippen molar-refractivity contribution in [2.24, 2.45) is 0 Å². The number of methoxy groups -OCH3 is 1. The molecule has 0 radical (unpaired) electrons. The molecule has 0 aromatic carbocycles. The monoisotopic (exact) mass is 338 g/mol. The van der Waals surface area contributed by atoms with Crippen molar-refractivity contribution < 1.29 is 44.2 Å². The van der Waals surface area contributed by atoms with Gasteiger partial charge >= 0.3 is 5.97 Å². The van der Waals surface area contributed by atoms with Crippen LogP contribution in [0.3, 0.4) is 0 Å². The first kappa shape index (κ1) is 20.2. The molecule has 0 aromatic heterocycles. The summed E-state index contributed by atoms with van der Waals surface area (Å²) in [4.78, 5) is 11.2. The van der Waals surface area contributed by atoms with Gasteiger partial charge in [-0.1, -0.05) is 0 Å². The minimum absolute atomic E-state index is 0.0584. The quantitative estimate of drug-likeness (QED) is 0.399. The Morgan fingerprint density at radius 3 is 2.48 bits per heavy atom. The average molecular weight is 338 g/mol. The summed E-state index contributed by atoms with van der Waals surface area (Å²) in [5.41, 5.74) is -0.957. The van der Waals surface area contributed by atoms with Gasteiger partial charge in [0.25, 0.3) is 0 Å². The molecule has 1 aliphatic rings. The number of aliphatic carboxylic acids is 1. The molecule has 4 unspecified atom stereocenters. The van der Waals surface area contributed by atoms with Gasteiger partial charge < -0.3 is 39.4 Å². The molecule has 9 heteroatoms. The molecular formula is C14H26O9. The molecule has 0 bridgehead atoms. The highest BCUT2D eigenvalue weighted by Crippen LogP contribution is 2.29. The highest BCUT2D eigenvalue weighted by atomic mass is 16.7. The molecule has 1 saturated heterocycles. The minimum atomic E-state index is -1.37. The summed E-state index contributed by atoms with van der Waals surface area (Å²) in [5.74, 6) is -1.28. The minimum Gasteiger partial charge on any atom is -0.479 e. The van der Waals surface area contributed by atoms with Crippen molar-refractivity contribution >= 4 is 5.97 Å². The molecule has 0 aromatic rings. The third-order valence-corrected chi connectivity index (χ3v) is 3.80. The van der Waals surface area contributed by atoms with Crippen molar-refractivity contribution in [3.8, 4) is 0 Å². The van der Waals surface area contributed by atoms with E-state index in [1.165, 1.54) is 14.0 Å². The van der Waals surface area contributed by atoms with Crippen molar-refractivity contribution in [2.75, 3.05) is 20.3 Å². The molecule has 0 spiro atoms. The van der Waals surface area contributed by atoms with Crippen molar-refractivity contribution in [3.05, 3.63) is 0 Å². The second-order valence-electron chi connectivity index (χ2n) is 5.98. The van der Waals surface area contributed by atoms with E-state index in [1.807, 2.05) is 0 Å². The third kappa shape index (κ3) is 5.08. The van der Waals surface area contributed by atoms with Gasteiger partial charge in [-0.25, -0.2) is 4.79 Å². The lowest BCUT2D eigenvalue weighted by Gasteiger charge is -2.44. The Morgan fingerprint density at radius 2 is 2.00 bits per heavy atom. The summed E-state index contributed by atoms with van der Waals surface area (Å²) in [7, 11) is 1.33. The summed E-state index contributed by atoms with van der Waals surface area (Å²) < 4.78 is 21.1. The second-order valence-corrected chi connectivity index (χ2v) is 5.98. The summed E-state index contributed by atoms with van der Waals surface area (Å²) >= 11 is 0. The smallest absolute Gasteiger partial charge is 0.335 e. The van der Waals surface area contributed by atoms with E-state index >= 15 is 0 Å². The van der Waals surface area contributed by atoms with Gasteiger partial charge in [0.2, 0.25) is 0 Å². The Bertz CT molecular complexity index is 386. The van der Waals surface area contributed by atoms with E-state index in [4.69, 9.17) is 24.1 Å². The fourth-order valence-corrected chi connectivity index (χ4v) is 2.28. The Morgan fingerprint density at radius 1 is 1.39 bits per heavy atom. The van der Waals surface area contributed by atoms with E-state index in [2.05, 4.69) is 0 Å². The molecule has 6 atom stereocenters. The van der Waals surface area contributed by atoms with E-state index in [0.29, 0.717) is 0 Å². The van der Waals surface area contributed by atoms with Gasteiger partial charge in [-0.15, -0.1) is 0 Å². The van der Waals surface area contributed by atoms with Gasteiger partial charge in [-0.3, -0.25) is 0 Å². The van der Waals surface area contributed by atoms with Gasteiger partial charge in [-0.2, -0.15) is 0 Å². The number of carboxylic acid groups (broad SMARTS) is 1. The van der Waals surface area contributed by atoms with Crippen LogP contribution in [-0.4, -0.2) is 89.1 Å². The Hall–Kier alpha value is -0.810. The zero-order valence-corrected chi connectivity index (χ0v) is 13.7. The van der Waals surface area contributed by atoms with Crippen LogP contribution in [0.15, 0.2) is 0 Å². The molecule has 1 aliphatic heterocycles. The van der Waals surface area contributed by atoms with Gasteiger partial charge in [0.15, 0.2) is 12.4 Å². The predicted molar refractivity (Wildman–Crippen MR) is 76.8 cm³/mol. The molecule has 1 fully saturated rings. The number of ether oxygens (including phenoxy) is 4. The van der Waals surface area contributed by atoms with E-state index in [9.17, 15) is 20.1 Å². The zero-order valence-electron chi connectivity index (χ0n) is 13.7. The third-order valence-electron chi connectivity index (χ3n) is 3.80. The summed E-state index contributed by atoms with van der Waals surface area (Å²) in [6.45, 7) is 4.09. The van der Waals surface area contributed by atoms with Crippen LogP contribution in [0, 0.1) is 0 Å². The first-order chi connectivity index (χ1) is 10.6. The number of rotatable bonds is 8. The lowest BCUT2D eigenvalue weighted by Crippen LogP contribution is -2.60. The second kappa shape index (κ2) is 8.34. The number of aliphatic hydroxyl groups is 3. The maximum atomic E-state index is 11.2. The molecule has 0 aliphatic carbocycles. The number of aliphatic hydroxyl groups excluding tert-OH is 3. The normalized spacial score (nSPS) is 31.3. The van der Waals surface area contributed by atoms with Crippen molar-refractivity contribution in [2.45, 2.75) is 63.2 Å². The molecule has 136 valence electrons. The van der Waals surface area contributed by atoms with E-state index < -0.39 is 55.0 Å². The topological polar surface area (TPSA) is 135 Å². The van der Waals surface area contributed by atoms with Crippen molar-refractivity contribution in [1.82, 2.24) is 0 Å². The fraction of sp³-hybridized carbons (Fsp3) is 0.929. The molecule has 9 nitrogen and oxygen atoms in total. The van der Waals surface area contributed by atoms with Crippen LogP contribution in [0.25, 0.3) is 0 Å².